The van der Waals surface area contributed by atoms with Crippen molar-refractivity contribution in [3.05, 3.63) is 49.9 Å². The van der Waals surface area contributed by atoms with Gasteiger partial charge in [-0.15, -0.1) is 11.3 Å². The topological polar surface area (TPSA) is 99.7 Å². The fraction of sp³-hybridized carbons (Fsp3) is 0.231. The smallest absolute Gasteiger partial charge is 0.433 e. The monoisotopic (exact) mass is 309 g/mol. The molecule has 0 N–H and O–H groups in total. The third-order valence-electron chi connectivity index (χ3n) is 2.59. The third kappa shape index (κ3) is 3.54. The first-order valence-electron chi connectivity index (χ1n) is 6.04. The van der Waals surface area contributed by atoms with Gasteiger partial charge in [-0.25, -0.2) is 4.79 Å². The predicted octanol–water partition coefficient (Wildman–Crippen LogP) is 2.85. The minimum absolute atomic E-state index is 0.310. The molecule has 0 aliphatic rings. The standard InChI is InChI=1S/C13H11NO6S/c1-2-8-3-5-11(21-8)9(15)7-19-13(16)10-4-6-12(20-10)14(17)18/h3-6H,2,7H2,1H3. The Hall–Kier alpha value is -2.48. The number of carbonyl (C=O) groups is 2. The summed E-state index contributed by atoms with van der Waals surface area (Å²) in [6, 6.07) is 5.70. The lowest BCUT2D eigenvalue weighted by molar-refractivity contribution is -0.402. The van der Waals surface area contributed by atoms with Crippen molar-refractivity contribution >= 4 is 29.0 Å². The maximum Gasteiger partial charge on any atom is 0.433 e. The number of carbonyl (C=O) groups excluding carboxylic acids is 2. The number of aryl methyl sites for hydroxylation is 1. The molecule has 0 aliphatic carbocycles. The number of nitro groups is 1. The molecule has 21 heavy (non-hydrogen) atoms. The highest BCUT2D eigenvalue weighted by molar-refractivity contribution is 7.14. The fourth-order valence-corrected chi connectivity index (χ4v) is 2.40. The average Bonchev–Trinajstić information content (AvgIpc) is 3.12. The first-order chi connectivity index (χ1) is 10.0. The van der Waals surface area contributed by atoms with Crippen molar-refractivity contribution in [2.45, 2.75) is 13.3 Å². The van der Waals surface area contributed by atoms with Gasteiger partial charge in [0.2, 0.25) is 11.5 Å². The Morgan fingerprint density at radius 2 is 2.10 bits per heavy atom. The second-order valence-electron chi connectivity index (χ2n) is 4.01. The summed E-state index contributed by atoms with van der Waals surface area (Å²) in [7, 11) is 0. The molecule has 0 amide bonds. The maximum absolute atomic E-state index is 11.8. The number of hydrogen-bond donors (Lipinski definition) is 0. The van der Waals surface area contributed by atoms with Gasteiger partial charge in [-0.2, -0.15) is 0 Å². The number of Topliss-reactive ketones (excluding diaryl/α,β-unsaturated/α-hetero) is 1. The number of rotatable bonds is 6. The lowest BCUT2D eigenvalue weighted by Gasteiger charge is -2.00. The first kappa shape index (κ1) is 14.9. The van der Waals surface area contributed by atoms with Crippen LogP contribution in [0.1, 0.15) is 32.0 Å². The van der Waals surface area contributed by atoms with Crippen LogP contribution in [0.25, 0.3) is 0 Å². The number of hydrogen-bond acceptors (Lipinski definition) is 7. The van der Waals surface area contributed by atoms with Crippen LogP contribution in [0.3, 0.4) is 0 Å². The van der Waals surface area contributed by atoms with E-state index in [1.54, 1.807) is 6.07 Å². The molecule has 0 atom stereocenters. The lowest BCUT2D eigenvalue weighted by Crippen LogP contribution is -2.12. The highest BCUT2D eigenvalue weighted by Crippen LogP contribution is 2.19. The minimum atomic E-state index is -0.913. The number of nitrogens with zero attached hydrogens (tertiary/aromatic N) is 1. The third-order valence-corrected chi connectivity index (χ3v) is 3.86. The Morgan fingerprint density at radius 1 is 1.33 bits per heavy atom. The zero-order chi connectivity index (χ0) is 15.4. The van der Waals surface area contributed by atoms with Gasteiger partial charge >= 0.3 is 11.9 Å². The molecule has 0 aliphatic heterocycles. The van der Waals surface area contributed by atoms with E-state index in [1.165, 1.54) is 11.3 Å². The minimum Gasteiger partial charge on any atom is -0.451 e. The molecular weight excluding hydrogens is 298 g/mol. The van der Waals surface area contributed by atoms with Gasteiger partial charge in [-0.3, -0.25) is 14.9 Å². The Kier molecular flexibility index (Phi) is 4.49. The summed E-state index contributed by atoms with van der Waals surface area (Å²) in [6.45, 7) is 1.54. The van der Waals surface area contributed by atoms with Crippen molar-refractivity contribution in [3.8, 4) is 0 Å². The van der Waals surface area contributed by atoms with E-state index in [0.717, 1.165) is 23.4 Å². The summed E-state index contributed by atoms with van der Waals surface area (Å²) in [5, 5.41) is 10.4. The largest absolute Gasteiger partial charge is 0.451 e. The summed E-state index contributed by atoms with van der Waals surface area (Å²) in [5.74, 6) is -2.10. The molecular formula is C13H11NO6S. The maximum atomic E-state index is 11.8. The zero-order valence-electron chi connectivity index (χ0n) is 11.0. The quantitative estimate of drug-likeness (QED) is 0.352. The molecule has 2 aromatic rings. The van der Waals surface area contributed by atoms with Crippen LogP contribution in [0.2, 0.25) is 0 Å². The SMILES string of the molecule is CCc1ccc(C(=O)COC(=O)c2ccc([N+](=O)[O-])o2)s1. The second kappa shape index (κ2) is 6.31. The fourth-order valence-electron chi connectivity index (χ4n) is 1.53. The van der Waals surface area contributed by atoms with Crippen molar-refractivity contribution in [2.75, 3.05) is 6.61 Å². The summed E-state index contributed by atoms with van der Waals surface area (Å²) in [5.41, 5.74) is 0. The van der Waals surface area contributed by atoms with Crippen molar-refractivity contribution in [2.24, 2.45) is 0 Å². The molecule has 110 valence electrons. The predicted molar refractivity (Wildman–Crippen MR) is 73.7 cm³/mol. The number of ketones is 1. The Morgan fingerprint density at radius 3 is 2.67 bits per heavy atom. The van der Waals surface area contributed by atoms with Crippen molar-refractivity contribution < 1.29 is 23.7 Å². The Balaban J connectivity index is 1.93. The molecule has 0 unspecified atom stereocenters. The molecule has 8 heteroatoms. The van der Waals surface area contributed by atoms with Crippen LogP contribution in [0, 0.1) is 10.1 Å². The molecule has 0 saturated heterocycles. The number of furan rings is 1. The van der Waals surface area contributed by atoms with E-state index >= 15 is 0 Å². The number of esters is 1. The molecule has 0 fully saturated rings. The highest BCUT2D eigenvalue weighted by Gasteiger charge is 2.20. The van der Waals surface area contributed by atoms with E-state index in [4.69, 9.17) is 4.74 Å². The van der Waals surface area contributed by atoms with Crippen molar-refractivity contribution in [3.63, 3.8) is 0 Å². The van der Waals surface area contributed by atoms with Crippen LogP contribution < -0.4 is 0 Å². The van der Waals surface area contributed by atoms with Gasteiger partial charge < -0.3 is 9.15 Å². The number of thiophene rings is 1. The molecule has 7 nitrogen and oxygen atoms in total. The molecule has 0 saturated carbocycles. The van der Waals surface area contributed by atoms with Crippen molar-refractivity contribution in [1.29, 1.82) is 0 Å². The first-order valence-corrected chi connectivity index (χ1v) is 6.86. The Bertz CT molecular complexity index is 686. The summed E-state index contributed by atoms with van der Waals surface area (Å²) in [6.07, 6.45) is 0.827. The van der Waals surface area contributed by atoms with E-state index < -0.39 is 23.4 Å². The van der Waals surface area contributed by atoms with Gasteiger partial charge in [-0.1, -0.05) is 6.92 Å². The number of ether oxygens (including phenoxy) is 1. The normalized spacial score (nSPS) is 10.3. The van der Waals surface area contributed by atoms with Crippen LogP contribution in [-0.2, 0) is 11.2 Å². The van der Waals surface area contributed by atoms with E-state index in [9.17, 15) is 19.7 Å². The van der Waals surface area contributed by atoms with Crippen molar-refractivity contribution in [1.82, 2.24) is 0 Å². The summed E-state index contributed by atoms with van der Waals surface area (Å²) < 4.78 is 9.47. The average molecular weight is 309 g/mol. The van der Waals surface area contributed by atoms with Crippen LogP contribution in [0.5, 0.6) is 0 Å². The van der Waals surface area contributed by atoms with E-state index in [-0.39, 0.29) is 11.5 Å². The molecule has 0 spiro atoms. The summed E-state index contributed by atoms with van der Waals surface area (Å²) in [4.78, 5) is 34.6. The lowest BCUT2D eigenvalue weighted by atomic mass is 10.3. The molecule has 2 heterocycles. The zero-order valence-corrected chi connectivity index (χ0v) is 11.8. The molecule has 2 aromatic heterocycles. The molecule has 0 aromatic carbocycles. The highest BCUT2D eigenvalue weighted by atomic mass is 32.1. The molecule has 0 bridgehead atoms. The van der Waals surface area contributed by atoms with E-state index in [0.29, 0.717) is 4.88 Å². The van der Waals surface area contributed by atoms with Crippen LogP contribution in [-0.4, -0.2) is 23.3 Å². The molecule has 0 radical (unpaired) electrons. The van der Waals surface area contributed by atoms with E-state index in [2.05, 4.69) is 4.42 Å². The van der Waals surface area contributed by atoms with Crippen LogP contribution in [0.15, 0.2) is 28.7 Å². The van der Waals surface area contributed by atoms with Crippen LogP contribution >= 0.6 is 11.3 Å². The van der Waals surface area contributed by atoms with E-state index in [1.807, 2.05) is 13.0 Å². The van der Waals surface area contributed by atoms with Gasteiger partial charge in [0.05, 0.1) is 10.9 Å². The van der Waals surface area contributed by atoms with Gasteiger partial charge in [0.25, 0.3) is 0 Å². The summed E-state index contributed by atoms with van der Waals surface area (Å²) >= 11 is 1.34. The Labute approximate surface area is 123 Å². The van der Waals surface area contributed by atoms with Gasteiger partial charge in [0.1, 0.15) is 4.92 Å². The second-order valence-corrected chi connectivity index (χ2v) is 5.18. The van der Waals surface area contributed by atoms with Gasteiger partial charge in [0.15, 0.2) is 6.61 Å². The van der Waals surface area contributed by atoms with Gasteiger partial charge in [0, 0.05) is 4.88 Å². The molecule has 2 rings (SSSR count). The van der Waals surface area contributed by atoms with Gasteiger partial charge in [-0.05, 0) is 24.6 Å². The van der Waals surface area contributed by atoms with Crippen LogP contribution in [0.4, 0.5) is 5.88 Å².